The molecule has 0 aliphatic rings. The molecule has 88 valence electrons. The molecule has 2 N–H and O–H groups in total. The van der Waals surface area contributed by atoms with E-state index in [4.69, 9.17) is 0 Å². The average molecular weight is 263 g/mol. The Morgan fingerprint density at radius 3 is 2.81 bits per heavy atom. The molecular formula is C8H10NO5PS. The van der Waals surface area contributed by atoms with Crippen LogP contribution in [0.25, 0.3) is 0 Å². The highest BCUT2D eigenvalue weighted by atomic mass is 32.7. The molecule has 0 radical (unpaired) electrons. The van der Waals surface area contributed by atoms with Crippen molar-refractivity contribution in [2.45, 2.75) is 0 Å². The van der Waals surface area contributed by atoms with E-state index in [1.54, 1.807) is 12.1 Å². The third-order valence-electron chi connectivity index (χ3n) is 1.51. The van der Waals surface area contributed by atoms with E-state index in [9.17, 15) is 14.5 Å². The zero-order valence-electron chi connectivity index (χ0n) is 8.30. The molecule has 0 fully saturated rings. The van der Waals surface area contributed by atoms with Gasteiger partial charge in [0, 0.05) is 11.6 Å². The molecule has 0 spiro atoms. The van der Waals surface area contributed by atoms with Crippen LogP contribution in [-0.2, 0) is 13.9 Å². The van der Waals surface area contributed by atoms with E-state index in [2.05, 4.69) is 14.2 Å². The van der Waals surface area contributed by atoms with E-state index in [-0.39, 0.29) is 11.3 Å². The number of phenols is 1. The van der Waals surface area contributed by atoms with Gasteiger partial charge in [-0.25, -0.2) is 4.79 Å². The second-order valence-electron chi connectivity index (χ2n) is 2.55. The normalized spacial score (nSPS) is 12.1. The Hall–Kier alpha value is -1.01. The maximum absolute atomic E-state index is 11.4. The largest absolute Gasteiger partial charge is 0.507 e. The smallest absolute Gasteiger partial charge is 0.347 e. The molecule has 8 heteroatoms. The van der Waals surface area contributed by atoms with Gasteiger partial charge in [0.2, 0.25) is 0 Å². The summed E-state index contributed by atoms with van der Waals surface area (Å²) in [6.07, 6.45) is 0. The Bertz CT molecular complexity index is 400. The van der Waals surface area contributed by atoms with Crippen molar-refractivity contribution in [3.05, 3.63) is 29.8 Å². The summed E-state index contributed by atoms with van der Waals surface area (Å²) in [4.78, 5) is 18.1. The number of phenolic OH excluding ortho intramolecular Hbond substituents is 1. The number of benzene rings is 1. The topological polar surface area (TPSA) is 84.9 Å². The van der Waals surface area contributed by atoms with Crippen LogP contribution in [0.4, 0.5) is 0 Å². The van der Waals surface area contributed by atoms with E-state index in [0.717, 1.165) is 0 Å². The molecule has 0 heterocycles. The number of nitrogens with one attached hydrogen (secondary N) is 1. The molecule has 1 rings (SSSR count). The predicted molar refractivity (Wildman–Crippen MR) is 60.3 cm³/mol. The van der Waals surface area contributed by atoms with Crippen molar-refractivity contribution in [2.24, 2.45) is 0 Å². The van der Waals surface area contributed by atoms with Crippen LogP contribution in [0.3, 0.4) is 0 Å². The number of hydrogen-bond donors (Lipinski definition) is 2. The van der Waals surface area contributed by atoms with Gasteiger partial charge in [-0.15, -0.1) is 4.89 Å². The fourth-order valence-electron chi connectivity index (χ4n) is 0.873. The van der Waals surface area contributed by atoms with Gasteiger partial charge >= 0.3 is 13.2 Å². The third kappa shape index (κ3) is 3.86. The van der Waals surface area contributed by atoms with Crippen molar-refractivity contribution in [3.63, 3.8) is 0 Å². The lowest BCUT2D eigenvalue weighted by Gasteiger charge is -2.05. The van der Waals surface area contributed by atoms with Crippen molar-refractivity contribution in [3.8, 4) is 5.75 Å². The predicted octanol–water partition coefficient (Wildman–Crippen LogP) is 1.74. The Labute approximate surface area is 96.6 Å². The summed E-state index contributed by atoms with van der Waals surface area (Å²) in [5.74, 6) is -1.06. The van der Waals surface area contributed by atoms with E-state index < -0.39 is 13.2 Å². The van der Waals surface area contributed by atoms with Crippen LogP contribution in [0.1, 0.15) is 10.4 Å². The van der Waals surface area contributed by atoms with Gasteiger partial charge in [0.15, 0.2) is 0 Å². The molecule has 1 aromatic rings. The van der Waals surface area contributed by atoms with Crippen LogP contribution in [0.5, 0.6) is 5.75 Å². The SMILES string of the molecule is CONS[PH](=O)OC(=O)c1ccccc1O. The molecule has 1 atom stereocenters. The molecule has 0 aliphatic heterocycles. The van der Waals surface area contributed by atoms with Crippen LogP contribution in [0.2, 0.25) is 0 Å². The molecule has 0 saturated carbocycles. The zero-order chi connectivity index (χ0) is 12.0. The zero-order valence-corrected chi connectivity index (χ0v) is 10.1. The highest BCUT2D eigenvalue weighted by Crippen LogP contribution is 2.37. The standard InChI is InChI=1S/C8H10NO5PS/c1-13-9-16-15(12)14-8(11)6-4-2-3-5-7(6)10/h2-5,9-10,15H,1H3. The van der Waals surface area contributed by atoms with Crippen molar-refractivity contribution in [1.29, 1.82) is 0 Å². The van der Waals surface area contributed by atoms with Crippen LogP contribution in [-0.4, -0.2) is 18.2 Å². The second kappa shape index (κ2) is 6.55. The van der Waals surface area contributed by atoms with Gasteiger partial charge in [-0.05, 0) is 12.1 Å². The van der Waals surface area contributed by atoms with Gasteiger partial charge in [-0.1, -0.05) is 12.1 Å². The van der Waals surface area contributed by atoms with E-state index in [0.29, 0.717) is 11.6 Å². The first-order chi connectivity index (χ1) is 7.65. The lowest BCUT2D eigenvalue weighted by Crippen LogP contribution is -2.02. The molecular weight excluding hydrogens is 253 g/mol. The Kier molecular flexibility index (Phi) is 5.34. The van der Waals surface area contributed by atoms with E-state index in [1.165, 1.54) is 19.2 Å². The first-order valence-corrected chi connectivity index (χ1v) is 7.00. The van der Waals surface area contributed by atoms with Gasteiger partial charge in [0.1, 0.15) is 11.3 Å². The van der Waals surface area contributed by atoms with Gasteiger partial charge in [-0.2, -0.15) is 0 Å². The maximum atomic E-state index is 11.4. The number of hydrogen-bond acceptors (Lipinski definition) is 7. The number of rotatable bonds is 5. The molecule has 0 saturated heterocycles. The van der Waals surface area contributed by atoms with E-state index in [1.807, 2.05) is 0 Å². The van der Waals surface area contributed by atoms with Gasteiger partial charge in [-0.3, -0.25) is 9.40 Å². The van der Waals surface area contributed by atoms with Crippen LogP contribution in [0, 0.1) is 0 Å². The van der Waals surface area contributed by atoms with Crippen LogP contribution in [0.15, 0.2) is 24.3 Å². The monoisotopic (exact) mass is 263 g/mol. The van der Waals surface area contributed by atoms with Gasteiger partial charge < -0.3 is 9.63 Å². The number of para-hydroxylation sites is 1. The molecule has 6 nitrogen and oxygen atoms in total. The molecule has 0 amide bonds. The second-order valence-corrected chi connectivity index (χ2v) is 5.23. The molecule has 0 bridgehead atoms. The summed E-state index contributed by atoms with van der Waals surface area (Å²) >= 11 is 0.655. The number of carbonyl (C=O) groups is 1. The summed E-state index contributed by atoms with van der Waals surface area (Å²) < 4.78 is 15.8. The summed E-state index contributed by atoms with van der Waals surface area (Å²) in [5.41, 5.74) is -0.0288. The van der Waals surface area contributed by atoms with E-state index >= 15 is 0 Å². The average Bonchev–Trinajstić information content (AvgIpc) is 2.26. The summed E-state index contributed by atoms with van der Waals surface area (Å²) in [6.45, 7) is 0. The molecule has 0 aliphatic carbocycles. The van der Waals surface area contributed by atoms with Crippen molar-refractivity contribution < 1.29 is 23.8 Å². The lowest BCUT2D eigenvalue weighted by atomic mass is 10.2. The van der Waals surface area contributed by atoms with Gasteiger partial charge in [0.05, 0.1) is 7.11 Å². The highest BCUT2D eigenvalue weighted by molar-refractivity contribution is 8.49. The molecule has 1 unspecified atom stereocenters. The van der Waals surface area contributed by atoms with Crippen molar-refractivity contribution >= 4 is 24.8 Å². The fraction of sp³-hybridized carbons (Fsp3) is 0.125. The quantitative estimate of drug-likeness (QED) is 0.475. The Balaban J connectivity index is 2.59. The van der Waals surface area contributed by atoms with Crippen LogP contribution < -0.4 is 4.89 Å². The number of aromatic hydroxyl groups is 1. The van der Waals surface area contributed by atoms with Crippen molar-refractivity contribution in [1.82, 2.24) is 4.89 Å². The highest BCUT2D eigenvalue weighted by Gasteiger charge is 2.14. The minimum absolute atomic E-state index is 0.0288. The first kappa shape index (κ1) is 13.1. The summed E-state index contributed by atoms with van der Waals surface area (Å²) in [5, 5.41) is 9.33. The molecule has 1 aromatic carbocycles. The minimum atomic E-state index is -2.65. The minimum Gasteiger partial charge on any atom is -0.507 e. The summed E-state index contributed by atoms with van der Waals surface area (Å²) in [7, 11) is -1.30. The molecule has 16 heavy (non-hydrogen) atoms. The van der Waals surface area contributed by atoms with Gasteiger partial charge in [0.25, 0.3) is 0 Å². The third-order valence-corrected chi connectivity index (χ3v) is 3.28. The lowest BCUT2D eigenvalue weighted by molar-refractivity contribution is 0.0750. The molecule has 0 aromatic heterocycles. The van der Waals surface area contributed by atoms with Crippen LogP contribution >= 0.6 is 18.8 Å². The Morgan fingerprint density at radius 2 is 2.19 bits per heavy atom. The van der Waals surface area contributed by atoms with Crippen molar-refractivity contribution in [2.75, 3.05) is 7.11 Å². The number of carbonyl (C=O) groups excluding carboxylic acids is 1. The first-order valence-electron chi connectivity index (χ1n) is 4.14. The Morgan fingerprint density at radius 1 is 1.50 bits per heavy atom. The maximum Gasteiger partial charge on any atom is 0.347 e. The fourth-order valence-corrected chi connectivity index (χ4v) is 2.13. The summed E-state index contributed by atoms with van der Waals surface area (Å²) in [6, 6.07) is 5.85.